The normalized spacial score (nSPS) is 12.2. The molecule has 0 aliphatic heterocycles. The zero-order valence-corrected chi connectivity index (χ0v) is 16.5. The second-order valence-corrected chi connectivity index (χ2v) is 8.45. The topological polar surface area (TPSA) is 77.5 Å². The number of fused-ring (bicyclic) bond motifs is 2. The van der Waals surface area contributed by atoms with E-state index < -0.39 is 4.92 Å². The number of hydrogen-bond acceptors (Lipinski definition) is 5. The van der Waals surface area contributed by atoms with Gasteiger partial charge in [0.2, 0.25) is 0 Å². The Kier molecular flexibility index (Phi) is 4.16. The minimum absolute atomic E-state index is 0.0119. The lowest BCUT2D eigenvalue weighted by atomic mass is 10.1. The third-order valence-corrected chi connectivity index (χ3v) is 6.74. The fourth-order valence-corrected chi connectivity index (χ4v) is 4.90. The lowest BCUT2D eigenvalue weighted by molar-refractivity contribution is -0.384. The molecule has 2 aromatic heterocycles. The number of aromatic nitrogens is 1. The van der Waals surface area contributed by atoms with Crippen LogP contribution in [0.25, 0.3) is 20.3 Å². The lowest BCUT2D eigenvalue weighted by Gasteiger charge is -2.00. The van der Waals surface area contributed by atoms with E-state index in [1.807, 2.05) is 11.6 Å². The summed E-state index contributed by atoms with van der Waals surface area (Å²) in [6, 6.07) is 10.5. The molecule has 2 aromatic carbocycles. The molecule has 0 fully saturated rings. The van der Waals surface area contributed by atoms with Crippen LogP contribution in [0.2, 0.25) is 0 Å². The zero-order chi connectivity index (χ0) is 19.3. The fourth-order valence-electron chi connectivity index (χ4n) is 2.88. The van der Waals surface area contributed by atoms with Crippen molar-refractivity contribution in [2.24, 2.45) is 12.0 Å². The monoisotopic (exact) mass is 397 g/mol. The van der Waals surface area contributed by atoms with Crippen molar-refractivity contribution in [1.82, 2.24) is 4.57 Å². The van der Waals surface area contributed by atoms with Crippen LogP contribution < -0.4 is 4.80 Å². The Morgan fingerprint density at radius 2 is 1.81 bits per heavy atom. The summed E-state index contributed by atoms with van der Waals surface area (Å²) in [5.41, 5.74) is 3.45. The molecule has 0 saturated heterocycles. The van der Waals surface area contributed by atoms with Crippen LogP contribution in [0.4, 0.5) is 5.69 Å². The van der Waals surface area contributed by atoms with E-state index in [0.717, 1.165) is 14.9 Å². The van der Waals surface area contributed by atoms with Crippen LogP contribution in [0.1, 0.15) is 20.8 Å². The van der Waals surface area contributed by atoms with Crippen molar-refractivity contribution in [1.29, 1.82) is 0 Å². The molecule has 1 amide bonds. The van der Waals surface area contributed by atoms with Crippen molar-refractivity contribution in [3.63, 3.8) is 0 Å². The number of amides is 1. The van der Waals surface area contributed by atoms with Gasteiger partial charge >= 0.3 is 0 Å². The molecular formula is C19H15N3O3S2. The van der Waals surface area contributed by atoms with Crippen molar-refractivity contribution in [3.8, 4) is 0 Å². The largest absolute Gasteiger partial charge is 0.319 e. The van der Waals surface area contributed by atoms with Gasteiger partial charge in [-0.1, -0.05) is 11.3 Å². The molecule has 4 rings (SSSR count). The number of thiazole rings is 1. The van der Waals surface area contributed by atoms with E-state index in [9.17, 15) is 14.9 Å². The quantitative estimate of drug-likeness (QED) is 0.363. The van der Waals surface area contributed by atoms with Gasteiger partial charge in [0.15, 0.2) is 4.80 Å². The van der Waals surface area contributed by atoms with Gasteiger partial charge in [0.1, 0.15) is 0 Å². The van der Waals surface area contributed by atoms with Crippen LogP contribution in [0, 0.1) is 24.0 Å². The summed E-state index contributed by atoms with van der Waals surface area (Å²) in [5.74, 6) is -0.338. The maximum absolute atomic E-state index is 12.7. The molecule has 2 heterocycles. The van der Waals surface area contributed by atoms with E-state index in [0.29, 0.717) is 15.1 Å². The van der Waals surface area contributed by atoms with E-state index in [1.165, 1.54) is 45.9 Å². The number of carbonyl (C=O) groups is 1. The maximum atomic E-state index is 12.7. The van der Waals surface area contributed by atoms with Crippen molar-refractivity contribution >= 4 is 54.6 Å². The van der Waals surface area contributed by atoms with Gasteiger partial charge in [-0.25, -0.2) is 0 Å². The standard InChI is InChI=1S/C19H15N3O3S2/c1-10-6-14-16(7-11(10)2)27-19(21(14)3)20-18(23)17-9-12-8-13(22(24)25)4-5-15(12)26-17/h4-9H,1-3H3. The number of nitrogens with zero attached hydrogens (tertiary/aromatic N) is 3. The van der Waals surface area contributed by atoms with Gasteiger partial charge in [-0.3, -0.25) is 14.9 Å². The number of nitro groups is 1. The first kappa shape index (κ1) is 17.6. The Morgan fingerprint density at radius 3 is 2.56 bits per heavy atom. The second-order valence-electron chi connectivity index (χ2n) is 6.35. The Labute approximate surface area is 162 Å². The van der Waals surface area contributed by atoms with Gasteiger partial charge < -0.3 is 4.57 Å². The number of non-ortho nitro benzene ring substituents is 1. The highest BCUT2D eigenvalue weighted by Gasteiger charge is 2.14. The van der Waals surface area contributed by atoms with E-state index in [1.54, 1.807) is 12.1 Å². The number of hydrogen-bond donors (Lipinski definition) is 0. The minimum atomic E-state index is -0.440. The molecule has 136 valence electrons. The minimum Gasteiger partial charge on any atom is -0.319 e. The van der Waals surface area contributed by atoms with Gasteiger partial charge in [-0.15, -0.1) is 11.3 Å². The molecule has 8 heteroatoms. The summed E-state index contributed by atoms with van der Waals surface area (Å²) in [6.45, 7) is 4.12. The molecule has 0 radical (unpaired) electrons. The molecule has 0 aliphatic rings. The molecule has 27 heavy (non-hydrogen) atoms. The van der Waals surface area contributed by atoms with Crippen molar-refractivity contribution < 1.29 is 9.72 Å². The SMILES string of the molecule is Cc1cc2sc(=NC(=O)c3cc4cc([N+](=O)[O-])ccc4s3)n(C)c2cc1C. The van der Waals surface area contributed by atoms with Gasteiger partial charge in [0.05, 0.1) is 20.0 Å². The molecule has 0 atom stereocenters. The molecule has 0 bridgehead atoms. The number of aryl methyl sites for hydroxylation is 3. The molecule has 0 saturated carbocycles. The summed E-state index contributed by atoms with van der Waals surface area (Å²) in [4.78, 5) is 28.5. The number of thiophene rings is 1. The number of nitro benzene ring substituents is 1. The lowest BCUT2D eigenvalue weighted by Crippen LogP contribution is -2.12. The first-order valence-corrected chi connectivity index (χ1v) is 9.80. The second kappa shape index (κ2) is 6.40. The van der Waals surface area contributed by atoms with Crippen LogP contribution in [-0.2, 0) is 7.05 Å². The molecule has 4 aromatic rings. The Balaban J connectivity index is 1.79. The highest BCUT2D eigenvalue weighted by atomic mass is 32.1. The van der Waals surface area contributed by atoms with Crippen LogP contribution in [-0.4, -0.2) is 15.4 Å². The van der Waals surface area contributed by atoms with Gasteiger partial charge in [0, 0.05) is 29.3 Å². The van der Waals surface area contributed by atoms with Gasteiger partial charge in [0.25, 0.3) is 11.6 Å². The number of carbonyl (C=O) groups excluding carboxylic acids is 1. The van der Waals surface area contributed by atoms with Crippen molar-refractivity contribution in [2.75, 3.05) is 0 Å². The van der Waals surface area contributed by atoms with Crippen LogP contribution >= 0.6 is 22.7 Å². The number of rotatable bonds is 2. The van der Waals surface area contributed by atoms with Gasteiger partial charge in [-0.2, -0.15) is 4.99 Å². The van der Waals surface area contributed by atoms with Crippen LogP contribution in [0.5, 0.6) is 0 Å². The third kappa shape index (κ3) is 3.07. The Bertz CT molecular complexity index is 1310. The first-order chi connectivity index (χ1) is 12.8. The van der Waals surface area contributed by atoms with Gasteiger partial charge in [-0.05, 0) is 49.2 Å². The predicted molar refractivity (Wildman–Crippen MR) is 109 cm³/mol. The van der Waals surface area contributed by atoms with E-state index in [2.05, 4.69) is 31.0 Å². The summed E-state index contributed by atoms with van der Waals surface area (Å²) < 4.78 is 3.83. The maximum Gasteiger partial charge on any atom is 0.289 e. The smallest absolute Gasteiger partial charge is 0.289 e. The highest BCUT2D eigenvalue weighted by molar-refractivity contribution is 7.21. The summed E-state index contributed by atoms with van der Waals surface area (Å²) >= 11 is 2.77. The zero-order valence-electron chi connectivity index (χ0n) is 14.8. The third-order valence-electron chi connectivity index (χ3n) is 4.54. The fraction of sp³-hybridized carbons (Fsp3) is 0.158. The van der Waals surface area contributed by atoms with Crippen molar-refractivity contribution in [3.05, 3.63) is 67.3 Å². The van der Waals surface area contributed by atoms with E-state index in [-0.39, 0.29) is 11.6 Å². The Hall–Kier alpha value is -2.84. The van der Waals surface area contributed by atoms with Crippen LogP contribution in [0.3, 0.4) is 0 Å². The molecule has 0 spiro atoms. The van der Waals surface area contributed by atoms with Crippen molar-refractivity contribution in [2.45, 2.75) is 13.8 Å². The molecule has 0 N–H and O–H groups in total. The predicted octanol–water partition coefficient (Wildman–Crippen LogP) is 4.72. The average molecular weight is 397 g/mol. The molecule has 0 aliphatic carbocycles. The molecular weight excluding hydrogens is 382 g/mol. The summed E-state index contributed by atoms with van der Waals surface area (Å²) in [6.07, 6.45) is 0. The number of benzene rings is 2. The van der Waals surface area contributed by atoms with E-state index >= 15 is 0 Å². The highest BCUT2D eigenvalue weighted by Crippen LogP contribution is 2.29. The first-order valence-electron chi connectivity index (χ1n) is 8.17. The van der Waals surface area contributed by atoms with Crippen LogP contribution in [0.15, 0.2) is 41.4 Å². The Morgan fingerprint density at radius 1 is 1.07 bits per heavy atom. The summed E-state index contributed by atoms with van der Waals surface area (Å²) in [5, 5.41) is 11.6. The molecule has 6 nitrogen and oxygen atoms in total. The molecule has 0 unspecified atom stereocenters. The average Bonchev–Trinajstić information content (AvgIpc) is 3.17. The van der Waals surface area contributed by atoms with E-state index in [4.69, 9.17) is 0 Å². The summed E-state index contributed by atoms with van der Waals surface area (Å²) in [7, 11) is 1.90.